The lowest BCUT2D eigenvalue weighted by Gasteiger charge is -2.44. The topological polar surface area (TPSA) is 92.4 Å². The zero-order valence-corrected chi connectivity index (χ0v) is 19.3. The second kappa shape index (κ2) is 9.67. The summed E-state index contributed by atoms with van der Waals surface area (Å²) < 4.78 is 19.8. The Morgan fingerprint density at radius 2 is 1.82 bits per heavy atom. The molecule has 1 unspecified atom stereocenters. The fraction of sp³-hybridized carbons (Fsp3) is 0.625. The zero-order chi connectivity index (χ0) is 22.8. The molecule has 8 nitrogen and oxygen atoms in total. The Bertz CT molecular complexity index is 958. The van der Waals surface area contributed by atoms with Crippen LogP contribution in [0.3, 0.4) is 0 Å². The predicted octanol–water partition coefficient (Wildman–Crippen LogP) is 3.97. The highest BCUT2D eigenvalue weighted by Crippen LogP contribution is 2.35. The number of aromatic nitrogens is 3. The van der Waals surface area contributed by atoms with E-state index in [9.17, 15) is 4.39 Å². The van der Waals surface area contributed by atoms with Crippen LogP contribution in [-0.2, 0) is 0 Å². The van der Waals surface area contributed by atoms with Crippen molar-refractivity contribution in [2.45, 2.75) is 63.5 Å². The molecule has 3 aliphatic heterocycles. The maximum Gasteiger partial charge on any atom is 0.236 e. The van der Waals surface area contributed by atoms with Crippen LogP contribution in [-0.4, -0.2) is 58.7 Å². The fourth-order valence-corrected chi connectivity index (χ4v) is 5.66. The second-order valence-corrected chi connectivity index (χ2v) is 9.54. The lowest BCUT2D eigenvalue weighted by molar-refractivity contribution is 0.0972. The molecule has 9 heteroatoms. The van der Waals surface area contributed by atoms with Crippen molar-refractivity contribution in [3.63, 3.8) is 0 Å². The lowest BCUT2D eigenvalue weighted by atomic mass is 9.84. The number of benzene rings is 1. The Balaban J connectivity index is 1.48. The molecule has 1 aliphatic carbocycles. The van der Waals surface area contributed by atoms with Crippen molar-refractivity contribution in [2.75, 3.05) is 42.7 Å². The third-order valence-corrected chi connectivity index (χ3v) is 7.43. The fourth-order valence-electron chi connectivity index (χ4n) is 5.66. The van der Waals surface area contributed by atoms with E-state index in [0.717, 1.165) is 32.2 Å². The first kappa shape index (κ1) is 22.1. The van der Waals surface area contributed by atoms with Gasteiger partial charge in [0.2, 0.25) is 17.8 Å². The Hall–Kier alpha value is -2.68. The van der Waals surface area contributed by atoms with Gasteiger partial charge in [-0.3, -0.25) is 0 Å². The average Bonchev–Trinajstić information content (AvgIpc) is 3.09. The van der Waals surface area contributed by atoms with Gasteiger partial charge in [-0.25, -0.2) is 4.39 Å². The summed E-state index contributed by atoms with van der Waals surface area (Å²) in [6.45, 7) is 3.35. The van der Waals surface area contributed by atoms with Crippen LogP contribution in [0.4, 0.5) is 27.9 Å². The van der Waals surface area contributed by atoms with E-state index in [2.05, 4.69) is 20.2 Å². The molecular weight excluding hydrogens is 421 g/mol. The molecule has 3 N–H and O–H groups in total. The van der Waals surface area contributed by atoms with Crippen LogP contribution in [0.5, 0.6) is 5.75 Å². The number of methoxy groups -OCH3 is 1. The molecule has 4 fully saturated rings. The highest BCUT2D eigenvalue weighted by Gasteiger charge is 2.35. The van der Waals surface area contributed by atoms with Crippen LogP contribution in [0.15, 0.2) is 18.2 Å². The van der Waals surface area contributed by atoms with Gasteiger partial charge < -0.3 is 25.6 Å². The van der Waals surface area contributed by atoms with Crippen LogP contribution in [0, 0.1) is 11.7 Å². The van der Waals surface area contributed by atoms with Crippen LogP contribution >= 0.6 is 0 Å². The van der Waals surface area contributed by atoms with Crippen molar-refractivity contribution >= 4 is 23.5 Å². The summed E-state index contributed by atoms with van der Waals surface area (Å²) in [5.74, 6) is 1.61. The molecule has 1 atom stereocenters. The molecule has 1 aromatic heterocycles. The summed E-state index contributed by atoms with van der Waals surface area (Å²) in [5, 5.41) is 3.54. The monoisotopic (exact) mass is 455 g/mol. The van der Waals surface area contributed by atoms with Gasteiger partial charge in [-0.15, -0.1) is 0 Å². The van der Waals surface area contributed by atoms with Gasteiger partial charge >= 0.3 is 0 Å². The molecule has 0 amide bonds. The van der Waals surface area contributed by atoms with Gasteiger partial charge in [-0.1, -0.05) is 25.7 Å². The Morgan fingerprint density at radius 3 is 2.45 bits per heavy atom. The summed E-state index contributed by atoms with van der Waals surface area (Å²) in [5.41, 5.74) is 6.87. The molecule has 178 valence electrons. The SMILES string of the molecule is COc1ccc(N(c2nc(N)nc(NC3CN4CCC3CC4)n2)C2CCCCCC2)cc1F. The van der Waals surface area contributed by atoms with Crippen LogP contribution < -0.4 is 20.7 Å². The minimum atomic E-state index is -0.402. The number of hydrogen-bond donors (Lipinski definition) is 2. The average molecular weight is 456 g/mol. The molecule has 2 aromatic rings. The highest BCUT2D eigenvalue weighted by molar-refractivity contribution is 5.61. The van der Waals surface area contributed by atoms with Gasteiger partial charge in [-0.2, -0.15) is 15.0 Å². The van der Waals surface area contributed by atoms with Crippen molar-refractivity contribution in [1.29, 1.82) is 0 Å². The number of piperidine rings is 3. The molecular formula is C24H34FN7O. The van der Waals surface area contributed by atoms with Crippen molar-refractivity contribution in [3.05, 3.63) is 24.0 Å². The summed E-state index contributed by atoms with van der Waals surface area (Å²) in [7, 11) is 1.47. The Morgan fingerprint density at radius 1 is 1.06 bits per heavy atom. The molecule has 4 aliphatic rings. The van der Waals surface area contributed by atoms with E-state index in [1.54, 1.807) is 6.07 Å². The normalized spacial score (nSPS) is 25.5. The predicted molar refractivity (Wildman–Crippen MR) is 127 cm³/mol. The molecule has 3 saturated heterocycles. The zero-order valence-electron chi connectivity index (χ0n) is 19.3. The number of halogens is 1. The van der Waals surface area contributed by atoms with Gasteiger partial charge in [0, 0.05) is 30.4 Å². The maximum absolute atomic E-state index is 14.7. The summed E-state index contributed by atoms with van der Waals surface area (Å²) in [6.07, 6.45) is 9.09. The summed E-state index contributed by atoms with van der Waals surface area (Å²) >= 11 is 0. The van der Waals surface area contributed by atoms with Crippen LogP contribution in [0.25, 0.3) is 0 Å². The van der Waals surface area contributed by atoms with Gasteiger partial charge in [-0.05, 0) is 56.8 Å². The third-order valence-electron chi connectivity index (χ3n) is 7.43. The number of nitrogens with two attached hydrogens (primary N) is 1. The second-order valence-electron chi connectivity index (χ2n) is 9.54. The van der Waals surface area contributed by atoms with Crippen molar-refractivity contribution in [3.8, 4) is 5.75 Å². The Labute approximate surface area is 194 Å². The van der Waals surface area contributed by atoms with Gasteiger partial charge in [0.25, 0.3) is 0 Å². The quantitative estimate of drug-likeness (QED) is 0.632. The van der Waals surface area contributed by atoms with E-state index in [1.165, 1.54) is 51.9 Å². The minimum absolute atomic E-state index is 0.173. The number of ether oxygens (including phenoxy) is 1. The molecule has 0 radical (unpaired) electrons. The number of nitrogen functional groups attached to an aromatic ring is 1. The number of anilines is 4. The largest absolute Gasteiger partial charge is 0.494 e. The minimum Gasteiger partial charge on any atom is -0.494 e. The van der Waals surface area contributed by atoms with E-state index in [0.29, 0.717) is 29.5 Å². The maximum atomic E-state index is 14.7. The van der Waals surface area contributed by atoms with Gasteiger partial charge in [0.15, 0.2) is 11.6 Å². The highest BCUT2D eigenvalue weighted by atomic mass is 19.1. The smallest absolute Gasteiger partial charge is 0.236 e. The van der Waals surface area contributed by atoms with E-state index >= 15 is 0 Å². The molecule has 1 saturated carbocycles. The molecule has 2 bridgehead atoms. The summed E-state index contributed by atoms with van der Waals surface area (Å²) in [6, 6.07) is 5.52. The number of nitrogens with one attached hydrogen (secondary N) is 1. The van der Waals surface area contributed by atoms with Crippen molar-refractivity contribution in [1.82, 2.24) is 19.9 Å². The van der Waals surface area contributed by atoms with E-state index in [-0.39, 0.29) is 17.7 Å². The van der Waals surface area contributed by atoms with E-state index in [1.807, 2.05) is 11.0 Å². The van der Waals surface area contributed by atoms with Crippen LogP contribution in [0.2, 0.25) is 0 Å². The number of fused-ring (bicyclic) bond motifs is 3. The van der Waals surface area contributed by atoms with Gasteiger partial charge in [0.05, 0.1) is 7.11 Å². The standard InChI is InChI=1S/C24H34FN7O/c1-33-21-9-8-18(14-19(21)25)32(17-6-4-2-3-5-7-17)24-29-22(26)28-23(30-24)27-20-15-31-12-10-16(20)11-13-31/h8-9,14,16-17,20H,2-7,10-13,15H2,1H3,(H3,26,27,28,29,30). The number of hydrogen-bond acceptors (Lipinski definition) is 8. The molecule has 0 spiro atoms. The van der Waals surface area contributed by atoms with Crippen molar-refractivity contribution < 1.29 is 9.13 Å². The number of rotatable bonds is 6. The van der Waals surface area contributed by atoms with Gasteiger partial charge in [0.1, 0.15) is 0 Å². The first-order valence-corrected chi connectivity index (χ1v) is 12.2. The van der Waals surface area contributed by atoms with E-state index < -0.39 is 5.82 Å². The number of nitrogens with zero attached hydrogens (tertiary/aromatic N) is 5. The third kappa shape index (κ3) is 4.83. The Kier molecular flexibility index (Phi) is 6.48. The molecule has 6 rings (SSSR count). The van der Waals surface area contributed by atoms with Crippen molar-refractivity contribution in [2.24, 2.45) is 5.92 Å². The first-order chi connectivity index (χ1) is 16.1. The molecule has 4 heterocycles. The summed E-state index contributed by atoms with van der Waals surface area (Å²) in [4.78, 5) is 18.3. The van der Waals surface area contributed by atoms with E-state index in [4.69, 9.17) is 15.5 Å². The molecule has 33 heavy (non-hydrogen) atoms. The lowest BCUT2D eigenvalue weighted by Crippen LogP contribution is -2.53. The van der Waals surface area contributed by atoms with Crippen LogP contribution in [0.1, 0.15) is 51.4 Å². The molecule has 1 aromatic carbocycles. The first-order valence-electron chi connectivity index (χ1n) is 12.2.